The molecule has 0 radical (unpaired) electrons. The summed E-state index contributed by atoms with van der Waals surface area (Å²) < 4.78 is 0. The van der Waals surface area contributed by atoms with Gasteiger partial charge in [0.25, 0.3) is 0 Å². The summed E-state index contributed by atoms with van der Waals surface area (Å²) in [6.07, 6.45) is 1.18. The lowest BCUT2D eigenvalue weighted by Crippen LogP contribution is -1.90. The van der Waals surface area contributed by atoms with Crippen molar-refractivity contribution in [2.45, 2.75) is 33.1 Å². The van der Waals surface area contributed by atoms with Gasteiger partial charge < -0.3 is 0 Å². The van der Waals surface area contributed by atoms with Gasteiger partial charge in [-0.1, -0.05) is 26.0 Å². The minimum absolute atomic E-state index is 0.628. The van der Waals surface area contributed by atoms with E-state index in [4.69, 9.17) is 0 Å². The van der Waals surface area contributed by atoms with Crippen LogP contribution in [0.1, 0.15) is 37.4 Å². The highest BCUT2D eigenvalue weighted by Gasteiger charge is 2.06. The van der Waals surface area contributed by atoms with E-state index in [0.717, 1.165) is 11.2 Å². The summed E-state index contributed by atoms with van der Waals surface area (Å²) in [4.78, 5) is 0. The highest BCUT2D eigenvalue weighted by atomic mass is 15.1. The highest BCUT2D eigenvalue weighted by molar-refractivity contribution is 5.81. The fraction of sp³-hybridized carbons (Fsp3) is 0.417. The number of fused-ring (bicyclic) bond motifs is 1. The molecule has 0 aliphatic rings. The van der Waals surface area contributed by atoms with Gasteiger partial charge in [-0.3, -0.25) is 5.10 Å². The smallest absolute Gasteiger partial charge is 0.0669 e. The molecule has 0 aliphatic carbocycles. The van der Waals surface area contributed by atoms with Crippen molar-refractivity contribution in [3.8, 4) is 0 Å². The van der Waals surface area contributed by atoms with Crippen LogP contribution in [0.5, 0.6) is 0 Å². The molecular weight excluding hydrogens is 172 g/mol. The minimum Gasteiger partial charge on any atom is -0.278 e. The first-order valence-electron chi connectivity index (χ1n) is 5.17. The molecule has 74 valence electrons. The van der Waals surface area contributed by atoms with E-state index in [1.165, 1.54) is 17.4 Å². The molecule has 0 bridgehead atoms. The number of nitrogens with zero attached hydrogens (tertiary/aromatic N) is 1. The van der Waals surface area contributed by atoms with E-state index < -0.39 is 0 Å². The van der Waals surface area contributed by atoms with Crippen LogP contribution in [0.3, 0.4) is 0 Å². The maximum Gasteiger partial charge on any atom is 0.0669 e. The highest BCUT2D eigenvalue weighted by Crippen LogP contribution is 2.23. The van der Waals surface area contributed by atoms with E-state index in [1.54, 1.807) is 0 Å². The summed E-state index contributed by atoms with van der Waals surface area (Å²) in [6, 6.07) is 6.58. The van der Waals surface area contributed by atoms with Gasteiger partial charge in [0.1, 0.15) is 0 Å². The Morgan fingerprint density at radius 3 is 2.93 bits per heavy atom. The molecule has 0 fully saturated rings. The lowest BCUT2D eigenvalue weighted by atomic mass is 9.97. The first kappa shape index (κ1) is 9.25. The second-order valence-corrected chi connectivity index (χ2v) is 3.92. The molecule has 14 heavy (non-hydrogen) atoms. The van der Waals surface area contributed by atoms with Crippen molar-refractivity contribution in [2.75, 3.05) is 0 Å². The molecule has 1 heterocycles. The molecule has 0 spiro atoms. The van der Waals surface area contributed by atoms with E-state index in [1.807, 2.05) is 6.92 Å². The van der Waals surface area contributed by atoms with Crippen LogP contribution in [-0.2, 0) is 0 Å². The van der Waals surface area contributed by atoms with Crippen molar-refractivity contribution >= 4 is 10.9 Å². The lowest BCUT2D eigenvalue weighted by Gasteiger charge is -2.08. The van der Waals surface area contributed by atoms with Crippen molar-refractivity contribution in [1.82, 2.24) is 10.2 Å². The number of aryl methyl sites for hydroxylation is 1. The molecule has 0 saturated carbocycles. The number of H-pyrrole nitrogens is 1. The van der Waals surface area contributed by atoms with Gasteiger partial charge in [-0.05, 0) is 30.9 Å². The SMILES string of the molecule is CCC(C)c1ccc2c(C)n[nH]c2c1. The van der Waals surface area contributed by atoms with Gasteiger partial charge in [0.2, 0.25) is 0 Å². The normalized spacial score (nSPS) is 13.4. The Bertz CT molecular complexity index is 443. The molecule has 0 aliphatic heterocycles. The molecular formula is C12H16N2. The third-order valence-electron chi connectivity index (χ3n) is 2.96. The zero-order chi connectivity index (χ0) is 10.1. The topological polar surface area (TPSA) is 28.7 Å². The molecule has 2 nitrogen and oxygen atoms in total. The van der Waals surface area contributed by atoms with Crippen molar-refractivity contribution in [3.63, 3.8) is 0 Å². The molecule has 2 heteroatoms. The maximum absolute atomic E-state index is 4.20. The fourth-order valence-electron chi connectivity index (χ4n) is 1.72. The number of aromatic nitrogens is 2. The fourth-order valence-corrected chi connectivity index (χ4v) is 1.72. The molecule has 1 N–H and O–H groups in total. The van der Waals surface area contributed by atoms with Crippen molar-refractivity contribution in [2.24, 2.45) is 0 Å². The molecule has 1 unspecified atom stereocenters. The van der Waals surface area contributed by atoms with Gasteiger partial charge >= 0.3 is 0 Å². The van der Waals surface area contributed by atoms with Crippen LogP contribution in [0, 0.1) is 6.92 Å². The number of benzene rings is 1. The number of hydrogen-bond donors (Lipinski definition) is 1. The van der Waals surface area contributed by atoms with Crippen molar-refractivity contribution in [3.05, 3.63) is 29.5 Å². The third kappa shape index (κ3) is 1.41. The van der Waals surface area contributed by atoms with Gasteiger partial charge in [-0.2, -0.15) is 5.10 Å². The van der Waals surface area contributed by atoms with E-state index in [9.17, 15) is 0 Å². The van der Waals surface area contributed by atoms with Crippen LogP contribution in [-0.4, -0.2) is 10.2 Å². The number of hydrogen-bond acceptors (Lipinski definition) is 1. The summed E-state index contributed by atoms with van der Waals surface area (Å²) in [5.41, 5.74) is 3.62. The van der Waals surface area contributed by atoms with E-state index in [0.29, 0.717) is 5.92 Å². The molecule has 1 atom stereocenters. The first-order chi connectivity index (χ1) is 6.72. The number of nitrogens with one attached hydrogen (secondary N) is 1. The lowest BCUT2D eigenvalue weighted by molar-refractivity contribution is 0.734. The summed E-state index contributed by atoms with van der Waals surface area (Å²) in [5.74, 6) is 0.628. The van der Waals surface area contributed by atoms with Crippen LogP contribution in [0.4, 0.5) is 0 Å². The van der Waals surface area contributed by atoms with Crippen LogP contribution in [0.25, 0.3) is 10.9 Å². The van der Waals surface area contributed by atoms with E-state index in [2.05, 4.69) is 42.2 Å². The molecule has 2 rings (SSSR count). The van der Waals surface area contributed by atoms with Crippen LogP contribution >= 0.6 is 0 Å². The average Bonchev–Trinajstić information content (AvgIpc) is 2.59. The summed E-state index contributed by atoms with van der Waals surface area (Å²) >= 11 is 0. The Balaban J connectivity index is 2.52. The molecule has 1 aromatic carbocycles. The largest absolute Gasteiger partial charge is 0.278 e. The van der Waals surface area contributed by atoms with Crippen LogP contribution in [0.2, 0.25) is 0 Å². The second-order valence-electron chi connectivity index (χ2n) is 3.92. The summed E-state index contributed by atoms with van der Waals surface area (Å²) in [5, 5.41) is 8.49. The van der Waals surface area contributed by atoms with Gasteiger partial charge in [-0.15, -0.1) is 0 Å². The van der Waals surface area contributed by atoms with Gasteiger partial charge in [0, 0.05) is 5.39 Å². The molecule has 0 saturated heterocycles. The number of rotatable bonds is 2. The predicted molar refractivity (Wildman–Crippen MR) is 59.5 cm³/mol. The molecule has 2 aromatic rings. The van der Waals surface area contributed by atoms with E-state index >= 15 is 0 Å². The van der Waals surface area contributed by atoms with Gasteiger partial charge in [-0.25, -0.2) is 0 Å². The quantitative estimate of drug-likeness (QED) is 0.769. The Labute approximate surface area is 84.3 Å². The predicted octanol–water partition coefficient (Wildman–Crippen LogP) is 3.38. The third-order valence-corrected chi connectivity index (χ3v) is 2.96. The Hall–Kier alpha value is -1.31. The molecule has 1 aromatic heterocycles. The second kappa shape index (κ2) is 3.45. The maximum atomic E-state index is 4.20. The first-order valence-corrected chi connectivity index (χ1v) is 5.17. The van der Waals surface area contributed by atoms with Crippen LogP contribution in [0.15, 0.2) is 18.2 Å². The Morgan fingerprint density at radius 2 is 2.21 bits per heavy atom. The zero-order valence-corrected chi connectivity index (χ0v) is 8.96. The van der Waals surface area contributed by atoms with Crippen molar-refractivity contribution < 1.29 is 0 Å². The van der Waals surface area contributed by atoms with E-state index in [-0.39, 0.29) is 0 Å². The van der Waals surface area contributed by atoms with Crippen LogP contribution < -0.4 is 0 Å². The number of aromatic amines is 1. The Morgan fingerprint density at radius 1 is 1.43 bits per heavy atom. The monoisotopic (exact) mass is 188 g/mol. The van der Waals surface area contributed by atoms with Gasteiger partial charge in [0.05, 0.1) is 11.2 Å². The summed E-state index contributed by atoms with van der Waals surface area (Å²) in [6.45, 7) is 6.50. The molecule has 0 amide bonds. The zero-order valence-electron chi connectivity index (χ0n) is 8.96. The Kier molecular flexibility index (Phi) is 2.28. The average molecular weight is 188 g/mol. The summed E-state index contributed by atoms with van der Waals surface area (Å²) in [7, 11) is 0. The minimum atomic E-state index is 0.628. The standard InChI is InChI=1S/C12H16N2/c1-4-8(2)10-5-6-11-9(3)13-14-12(11)7-10/h5-8H,4H2,1-3H3,(H,13,14). The van der Waals surface area contributed by atoms with Crippen molar-refractivity contribution in [1.29, 1.82) is 0 Å². The van der Waals surface area contributed by atoms with Gasteiger partial charge in [0.15, 0.2) is 0 Å².